The minimum Gasteiger partial charge on any atom is -0.399 e. The molecular formula is C13H16N2O2. The normalized spacial score (nSPS) is 14.8. The minimum absolute atomic E-state index is 0.0287. The van der Waals surface area contributed by atoms with Crippen LogP contribution >= 0.6 is 0 Å². The number of nitrogens with two attached hydrogens (primary N) is 2. The zero-order valence-corrected chi connectivity index (χ0v) is 9.38. The molecule has 0 aliphatic heterocycles. The summed E-state index contributed by atoms with van der Waals surface area (Å²) in [6.07, 6.45) is -1.90. The van der Waals surface area contributed by atoms with Crippen LogP contribution in [0.5, 0.6) is 0 Å². The molecule has 0 aromatic heterocycles. The summed E-state index contributed by atoms with van der Waals surface area (Å²) < 4.78 is 0. The standard InChI is InChI=1S/C13H16N2O2/c14-7-12(16)13(17)10-2-1-9-6-11(15)4-3-8(9)5-10/h1-6,12-13,16-17H,7,14-15H2. The summed E-state index contributed by atoms with van der Waals surface area (Å²) in [7, 11) is 0. The first-order valence-electron chi connectivity index (χ1n) is 5.47. The van der Waals surface area contributed by atoms with Crippen molar-refractivity contribution in [3.63, 3.8) is 0 Å². The van der Waals surface area contributed by atoms with Crippen molar-refractivity contribution in [1.29, 1.82) is 0 Å². The van der Waals surface area contributed by atoms with E-state index in [0.717, 1.165) is 10.8 Å². The fraction of sp³-hybridized carbons (Fsp3) is 0.231. The molecule has 2 atom stereocenters. The monoisotopic (exact) mass is 232 g/mol. The molecule has 2 aromatic rings. The predicted molar refractivity (Wildman–Crippen MR) is 68.4 cm³/mol. The number of anilines is 1. The molecule has 17 heavy (non-hydrogen) atoms. The van der Waals surface area contributed by atoms with Gasteiger partial charge in [-0.3, -0.25) is 0 Å². The summed E-state index contributed by atoms with van der Waals surface area (Å²) in [6, 6.07) is 11.0. The highest BCUT2D eigenvalue weighted by Crippen LogP contribution is 2.23. The number of benzene rings is 2. The van der Waals surface area contributed by atoms with Gasteiger partial charge in [-0.15, -0.1) is 0 Å². The van der Waals surface area contributed by atoms with Gasteiger partial charge in [0.25, 0.3) is 0 Å². The van der Waals surface area contributed by atoms with Gasteiger partial charge in [0.1, 0.15) is 6.10 Å². The first kappa shape index (κ1) is 11.9. The van der Waals surface area contributed by atoms with Gasteiger partial charge in [-0.2, -0.15) is 0 Å². The Balaban J connectivity index is 2.41. The Morgan fingerprint density at radius 1 is 1.00 bits per heavy atom. The van der Waals surface area contributed by atoms with Crippen molar-refractivity contribution in [1.82, 2.24) is 0 Å². The highest BCUT2D eigenvalue weighted by atomic mass is 16.3. The van der Waals surface area contributed by atoms with Crippen LogP contribution in [0.3, 0.4) is 0 Å². The van der Waals surface area contributed by atoms with Crippen LogP contribution in [0.2, 0.25) is 0 Å². The van der Waals surface area contributed by atoms with E-state index >= 15 is 0 Å². The Morgan fingerprint density at radius 3 is 2.35 bits per heavy atom. The average Bonchev–Trinajstić information content (AvgIpc) is 2.36. The van der Waals surface area contributed by atoms with Crippen LogP contribution in [0.4, 0.5) is 5.69 Å². The van der Waals surface area contributed by atoms with E-state index in [1.165, 1.54) is 0 Å². The third-order valence-electron chi connectivity index (χ3n) is 2.84. The highest BCUT2D eigenvalue weighted by molar-refractivity contribution is 5.86. The number of fused-ring (bicyclic) bond motifs is 1. The lowest BCUT2D eigenvalue weighted by Gasteiger charge is -2.16. The third-order valence-corrected chi connectivity index (χ3v) is 2.84. The summed E-state index contributed by atoms with van der Waals surface area (Å²) in [5.74, 6) is 0. The van der Waals surface area contributed by atoms with Gasteiger partial charge in [0.15, 0.2) is 0 Å². The van der Waals surface area contributed by atoms with Crippen molar-refractivity contribution in [3.8, 4) is 0 Å². The molecule has 0 heterocycles. The largest absolute Gasteiger partial charge is 0.399 e. The smallest absolute Gasteiger partial charge is 0.106 e. The third kappa shape index (κ3) is 2.39. The summed E-state index contributed by atoms with van der Waals surface area (Å²) in [6.45, 7) is 0.0287. The fourth-order valence-corrected chi connectivity index (χ4v) is 1.82. The van der Waals surface area contributed by atoms with E-state index < -0.39 is 12.2 Å². The van der Waals surface area contributed by atoms with Crippen LogP contribution < -0.4 is 11.5 Å². The molecule has 0 bridgehead atoms. The molecule has 2 aromatic carbocycles. The van der Waals surface area contributed by atoms with Gasteiger partial charge in [0.2, 0.25) is 0 Å². The van der Waals surface area contributed by atoms with E-state index in [4.69, 9.17) is 11.5 Å². The quantitative estimate of drug-likeness (QED) is 0.588. The second-order valence-corrected chi connectivity index (χ2v) is 4.11. The van der Waals surface area contributed by atoms with Crippen LogP contribution in [0.1, 0.15) is 11.7 Å². The van der Waals surface area contributed by atoms with E-state index in [-0.39, 0.29) is 6.54 Å². The minimum atomic E-state index is -0.957. The van der Waals surface area contributed by atoms with Crippen molar-refractivity contribution >= 4 is 16.5 Å². The molecule has 4 nitrogen and oxygen atoms in total. The predicted octanol–water partition coefficient (Wildman–Crippen LogP) is 0.775. The Morgan fingerprint density at radius 2 is 1.65 bits per heavy atom. The number of aliphatic hydroxyl groups is 2. The van der Waals surface area contributed by atoms with Crippen molar-refractivity contribution in [3.05, 3.63) is 42.0 Å². The van der Waals surface area contributed by atoms with Crippen molar-refractivity contribution in [2.24, 2.45) is 5.73 Å². The molecule has 0 spiro atoms. The molecular weight excluding hydrogens is 216 g/mol. The topological polar surface area (TPSA) is 92.5 Å². The molecule has 0 saturated heterocycles. The van der Waals surface area contributed by atoms with Gasteiger partial charge in [0, 0.05) is 12.2 Å². The number of rotatable bonds is 3. The highest BCUT2D eigenvalue weighted by Gasteiger charge is 2.16. The van der Waals surface area contributed by atoms with E-state index in [9.17, 15) is 10.2 Å². The molecule has 6 N–H and O–H groups in total. The SMILES string of the molecule is NCC(O)C(O)c1ccc2cc(N)ccc2c1. The van der Waals surface area contributed by atoms with Gasteiger partial charge in [-0.05, 0) is 34.5 Å². The van der Waals surface area contributed by atoms with Crippen molar-refractivity contribution in [2.75, 3.05) is 12.3 Å². The lowest BCUT2D eigenvalue weighted by atomic mass is 10.00. The average molecular weight is 232 g/mol. The second-order valence-electron chi connectivity index (χ2n) is 4.11. The zero-order chi connectivity index (χ0) is 12.4. The van der Waals surface area contributed by atoms with Gasteiger partial charge >= 0.3 is 0 Å². The van der Waals surface area contributed by atoms with Crippen LogP contribution in [0, 0.1) is 0 Å². The lowest BCUT2D eigenvalue weighted by molar-refractivity contribution is 0.0244. The van der Waals surface area contributed by atoms with E-state index in [1.54, 1.807) is 12.1 Å². The molecule has 0 radical (unpaired) electrons. The van der Waals surface area contributed by atoms with Gasteiger partial charge in [0.05, 0.1) is 6.10 Å². The Labute approximate surface area is 99.5 Å². The molecule has 2 rings (SSSR count). The van der Waals surface area contributed by atoms with Crippen molar-refractivity contribution in [2.45, 2.75) is 12.2 Å². The van der Waals surface area contributed by atoms with E-state index in [1.807, 2.05) is 24.3 Å². The fourth-order valence-electron chi connectivity index (χ4n) is 1.82. The van der Waals surface area contributed by atoms with Crippen LogP contribution in [-0.4, -0.2) is 22.9 Å². The maximum absolute atomic E-state index is 9.85. The number of nitrogen functional groups attached to an aromatic ring is 1. The maximum Gasteiger partial charge on any atom is 0.106 e. The maximum atomic E-state index is 9.85. The molecule has 0 aliphatic carbocycles. The molecule has 2 unspecified atom stereocenters. The first-order valence-corrected chi connectivity index (χ1v) is 5.47. The Hall–Kier alpha value is -1.62. The summed E-state index contributed by atoms with van der Waals surface area (Å²) in [5.41, 5.74) is 12.4. The van der Waals surface area contributed by atoms with Crippen LogP contribution in [-0.2, 0) is 0 Å². The van der Waals surface area contributed by atoms with Gasteiger partial charge in [-0.25, -0.2) is 0 Å². The zero-order valence-electron chi connectivity index (χ0n) is 9.38. The summed E-state index contributed by atoms with van der Waals surface area (Å²) in [4.78, 5) is 0. The molecule has 0 saturated carbocycles. The summed E-state index contributed by atoms with van der Waals surface area (Å²) >= 11 is 0. The number of hydrogen-bond acceptors (Lipinski definition) is 4. The van der Waals surface area contributed by atoms with E-state index in [2.05, 4.69) is 0 Å². The molecule has 0 amide bonds. The van der Waals surface area contributed by atoms with Gasteiger partial charge in [-0.1, -0.05) is 18.2 Å². The summed E-state index contributed by atoms with van der Waals surface area (Å²) in [5, 5.41) is 21.3. The Bertz CT molecular complexity index is 528. The van der Waals surface area contributed by atoms with Gasteiger partial charge < -0.3 is 21.7 Å². The Kier molecular flexibility index (Phi) is 3.28. The van der Waals surface area contributed by atoms with Crippen LogP contribution in [0.25, 0.3) is 10.8 Å². The second kappa shape index (κ2) is 4.71. The molecule has 90 valence electrons. The number of aliphatic hydroxyl groups excluding tert-OH is 2. The molecule has 4 heteroatoms. The lowest BCUT2D eigenvalue weighted by Crippen LogP contribution is -2.27. The van der Waals surface area contributed by atoms with E-state index in [0.29, 0.717) is 11.3 Å². The molecule has 0 fully saturated rings. The van der Waals surface area contributed by atoms with Crippen molar-refractivity contribution < 1.29 is 10.2 Å². The van der Waals surface area contributed by atoms with Crippen LogP contribution in [0.15, 0.2) is 36.4 Å². The molecule has 0 aliphatic rings. The number of hydrogen-bond donors (Lipinski definition) is 4. The first-order chi connectivity index (χ1) is 8.11.